The molecule has 0 amide bonds. The van der Waals surface area contributed by atoms with Gasteiger partial charge >= 0.3 is 0 Å². The summed E-state index contributed by atoms with van der Waals surface area (Å²) in [4.78, 5) is 0.464. The number of fused-ring (bicyclic) bond motifs is 1. The van der Waals surface area contributed by atoms with Crippen LogP contribution in [0.3, 0.4) is 0 Å². The van der Waals surface area contributed by atoms with Crippen LogP contribution in [0.25, 0.3) is 10.1 Å². The normalized spacial score (nSPS) is 10.4. The van der Waals surface area contributed by atoms with E-state index >= 15 is 0 Å². The number of benzene rings is 1. The van der Waals surface area contributed by atoms with Gasteiger partial charge in [0, 0.05) is 15.1 Å². The summed E-state index contributed by atoms with van der Waals surface area (Å²) < 4.78 is 0.837. The molecule has 0 saturated heterocycles. The maximum atomic E-state index is 8.78. The van der Waals surface area contributed by atoms with Gasteiger partial charge in [0.2, 0.25) is 0 Å². The van der Waals surface area contributed by atoms with Crippen molar-refractivity contribution in [3.05, 3.63) is 32.1 Å². The lowest BCUT2D eigenvalue weighted by Crippen LogP contribution is -1.69. The van der Waals surface area contributed by atoms with Gasteiger partial charge < -0.3 is 0 Å². The zero-order chi connectivity index (χ0) is 10.3. The fraction of sp³-hybridized carbons (Fsp3) is 0. The van der Waals surface area contributed by atoms with Crippen molar-refractivity contribution in [1.82, 2.24) is 0 Å². The van der Waals surface area contributed by atoms with Crippen LogP contribution >= 0.6 is 46.1 Å². The molecule has 14 heavy (non-hydrogen) atoms. The van der Waals surface area contributed by atoms with Gasteiger partial charge in [0.05, 0.1) is 10.0 Å². The minimum Gasteiger partial charge on any atom is -0.191 e. The highest BCUT2D eigenvalue weighted by Gasteiger charge is 2.13. The summed E-state index contributed by atoms with van der Waals surface area (Å²) in [6.07, 6.45) is 0. The summed E-state index contributed by atoms with van der Waals surface area (Å²) in [5.41, 5.74) is 0. The fourth-order valence-corrected chi connectivity index (χ4v) is 3.32. The summed E-state index contributed by atoms with van der Waals surface area (Å²) in [5.74, 6) is 0. The molecule has 0 bridgehead atoms. The predicted molar refractivity (Wildman–Crippen MR) is 61.6 cm³/mol. The second-order valence-corrected chi connectivity index (χ2v) is 4.89. The molecule has 1 aromatic carbocycles. The summed E-state index contributed by atoms with van der Waals surface area (Å²) in [7, 11) is 0. The van der Waals surface area contributed by atoms with Crippen LogP contribution in [0.5, 0.6) is 0 Å². The molecular weight excluding hydrogens is 261 g/mol. The third kappa shape index (κ3) is 1.47. The smallest absolute Gasteiger partial charge is 0.124 e. The molecule has 2 aromatic rings. The number of nitrogens with zero attached hydrogens (tertiary/aromatic N) is 1. The molecule has 70 valence electrons. The Bertz CT molecular complexity index is 553. The lowest BCUT2D eigenvalue weighted by Gasteiger charge is -1.95. The minimum atomic E-state index is 0.411. The lowest BCUT2D eigenvalue weighted by atomic mass is 10.2. The Morgan fingerprint density at radius 2 is 1.93 bits per heavy atom. The van der Waals surface area contributed by atoms with E-state index in [4.69, 9.17) is 40.1 Å². The summed E-state index contributed by atoms with van der Waals surface area (Å²) in [5, 5.41) is 10.9. The van der Waals surface area contributed by atoms with Crippen LogP contribution in [0, 0.1) is 11.3 Å². The third-order valence-corrected chi connectivity index (χ3v) is 3.80. The number of nitriles is 1. The zero-order valence-corrected chi connectivity index (χ0v) is 9.73. The van der Waals surface area contributed by atoms with Crippen molar-refractivity contribution in [2.75, 3.05) is 0 Å². The molecule has 0 spiro atoms. The van der Waals surface area contributed by atoms with Gasteiger partial charge in [-0.1, -0.05) is 34.8 Å². The molecule has 1 heterocycles. The van der Waals surface area contributed by atoms with Crippen molar-refractivity contribution < 1.29 is 0 Å². The van der Waals surface area contributed by atoms with Crippen LogP contribution in [-0.2, 0) is 0 Å². The van der Waals surface area contributed by atoms with Gasteiger partial charge in [0.15, 0.2) is 0 Å². The number of halogens is 3. The molecule has 5 heteroatoms. The molecule has 0 saturated carbocycles. The van der Waals surface area contributed by atoms with Crippen LogP contribution in [0.4, 0.5) is 0 Å². The highest BCUT2D eigenvalue weighted by Crippen LogP contribution is 2.40. The molecular formula is C9H2Cl3NS. The minimum absolute atomic E-state index is 0.411. The van der Waals surface area contributed by atoms with Crippen molar-refractivity contribution in [3.63, 3.8) is 0 Å². The maximum absolute atomic E-state index is 8.78. The van der Waals surface area contributed by atoms with Gasteiger partial charge in [0.1, 0.15) is 10.9 Å². The highest BCUT2D eigenvalue weighted by atomic mass is 35.5. The summed E-state index contributed by atoms with van der Waals surface area (Å²) in [6, 6.07) is 5.38. The SMILES string of the molecule is N#Cc1sc2cc(Cl)cc(Cl)c2c1Cl. The second-order valence-electron chi connectivity index (χ2n) is 2.62. The Morgan fingerprint density at radius 1 is 1.21 bits per heavy atom. The quantitative estimate of drug-likeness (QED) is 0.673. The van der Waals surface area contributed by atoms with Gasteiger partial charge in [0.25, 0.3) is 0 Å². The van der Waals surface area contributed by atoms with Gasteiger partial charge in [-0.3, -0.25) is 0 Å². The van der Waals surface area contributed by atoms with E-state index in [1.54, 1.807) is 12.1 Å². The van der Waals surface area contributed by atoms with Crippen molar-refractivity contribution >= 4 is 56.2 Å². The first-order valence-electron chi connectivity index (χ1n) is 3.60. The van der Waals surface area contributed by atoms with Crippen molar-refractivity contribution in [2.24, 2.45) is 0 Å². The van der Waals surface area contributed by atoms with Gasteiger partial charge in [-0.25, -0.2) is 0 Å². The lowest BCUT2D eigenvalue weighted by molar-refractivity contribution is 1.52. The molecule has 0 N–H and O–H groups in total. The second kappa shape index (κ2) is 3.60. The van der Waals surface area contributed by atoms with Crippen LogP contribution in [-0.4, -0.2) is 0 Å². The maximum Gasteiger partial charge on any atom is 0.124 e. The van der Waals surface area contributed by atoms with Crippen molar-refractivity contribution in [2.45, 2.75) is 0 Å². The number of rotatable bonds is 0. The molecule has 2 rings (SSSR count). The Kier molecular flexibility index (Phi) is 2.59. The van der Waals surface area contributed by atoms with Crippen LogP contribution in [0.15, 0.2) is 12.1 Å². The molecule has 0 atom stereocenters. The number of hydrogen-bond acceptors (Lipinski definition) is 2. The summed E-state index contributed by atoms with van der Waals surface area (Å²) >= 11 is 19.1. The first-order valence-corrected chi connectivity index (χ1v) is 5.55. The monoisotopic (exact) mass is 261 g/mol. The molecule has 0 aliphatic carbocycles. The van der Waals surface area contributed by atoms with E-state index in [9.17, 15) is 0 Å². The number of thiophene rings is 1. The highest BCUT2D eigenvalue weighted by molar-refractivity contribution is 7.20. The van der Waals surface area contributed by atoms with E-state index in [0.717, 1.165) is 4.70 Å². The average molecular weight is 263 g/mol. The van der Waals surface area contributed by atoms with Gasteiger partial charge in [-0.2, -0.15) is 5.26 Å². The summed E-state index contributed by atoms with van der Waals surface area (Å²) in [6.45, 7) is 0. The Labute approximate surface area is 99.4 Å². The molecule has 0 aliphatic rings. The molecule has 1 nitrogen and oxygen atoms in total. The molecule has 1 aromatic heterocycles. The van der Waals surface area contributed by atoms with E-state index in [0.29, 0.717) is 25.3 Å². The average Bonchev–Trinajstić information content (AvgIpc) is 2.42. The molecule has 0 aliphatic heterocycles. The Balaban J connectivity index is 2.94. The van der Waals surface area contributed by atoms with Crippen molar-refractivity contribution in [3.8, 4) is 6.07 Å². The van der Waals surface area contributed by atoms with E-state index in [1.807, 2.05) is 6.07 Å². The van der Waals surface area contributed by atoms with E-state index in [2.05, 4.69) is 0 Å². The largest absolute Gasteiger partial charge is 0.191 e. The molecule has 0 unspecified atom stereocenters. The van der Waals surface area contributed by atoms with Gasteiger partial charge in [-0.15, -0.1) is 11.3 Å². The van der Waals surface area contributed by atoms with Crippen LogP contribution < -0.4 is 0 Å². The first kappa shape index (κ1) is 10.1. The zero-order valence-electron chi connectivity index (χ0n) is 6.64. The van der Waals surface area contributed by atoms with Gasteiger partial charge in [-0.05, 0) is 12.1 Å². The van der Waals surface area contributed by atoms with Crippen LogP contribution in [0.1, 0.15) is 4.88 Å². The van der Waals surface area contributed by atoms with E-state index in [1.165, 1.54) is 11.3 Å². The standard InChI is InChI=1S/C9H2Cl3NS/c10-4-1-5(11)8-6(2-4)14-7(3-13)9(8)12/h1-2H. The Morgan fingerprint density at radius 3 is 2.57 bits per heavy atom. The predicted octanol–water partition coefficient (Wildman–Crippen LogP) is 4.73. The van der Waals surface area contributed by atoms with E-state index in [-0.39, 0.29) is 0 Å². The van der Waals surface area contributed by atoms with Crippen molar-refractivity contribution in [1.29, 1.82) is 5.26 Å². The topological polar surface area (TPSA) is 23.8 Å². The first-order chi connectivity index (χ1) is 6.63. The van der Waals surface area contributed by atoms with Crippen LogP contribution in [0.2, 0.25) is 15.1 Å². The van der Waals surface area contributed by atoms with E-state index < -0.39 is 0 Å². The number of hydrogen-bond donors (Lipinski definition) is 0. The molecule has 0 fully saturated rings. The molecule has 0 radical (unpaired) electrons. The Hall–Kier alpha value is -0.460. The third-order valence-electron chi connectivity index (χ3n) is 1.75. The fourth-order valence-electron chi connectivity index (χ4n) is 1.18.